The van der Waals surface area contributed by atoms with Crippen LogP contribution in [-0.2, 0) is 19.1 Å². The molecule has 2 N–H and O–H groups in total. The quantitative estimate of drug-likeness (QED) is 0.0444. The predicted octanol–water partition coefficient (Wildman–Crippen LogP) is 8.25. The summed E-state index contributed by atoms with van der Waals surface area (Å²) in [5.74, 6) is -0.689. The fraction of sp³-hybridized carbons (Fsp3) is 0.657. The largest absolute Gasteiger partial charge is 0.462 e. The summed E-state index contributed by atoms with van der Waals surface area (Å²) in [4.78, 5) is 24.0. The summed E-state index contributed by atoms with van der Waals surface area (Å²) in [6.07, 6.45) is 35.2. The van der Waals surface area contributed by atoms with E-state index in [1.54, 1.807) is 6.08 Å². The minimum atomic E-state index is -0.808. The summed E-state index contributed by atoms with van der Waals surface area (Å²) < 4.78 is 10.5. The van der Waals surface area contributed by atoms with E-state index >= 15 is 0 Å². The SMILES string of the molecule is CCCCCCCCCCCC(=O)OC[C@H](CO)OC(=O)CCC/C=C\C/C=C\C/C=C\C/C=C\C=C\[C@H](O)CC. The highest BCUT2D eigenvalue weighted by Crippen LogP contribution is 2.11. The third-order valence-electron chi connectivity index (χ3n) is 6.48. The monoisotopic (exact) mass is 574 g/mol. The number of aliphatic hydroxyl groups is 2. The zero-order valence-electron chi connectivity index (χ0n) is 25.9. The van der Waals surface area contributed by atoms with Crippen molar-refractivity contribution in [2.45, 2.75) is 135 Å². The van der Waals surface area contributed by atoms with Crippen LogP contribution in [-0.4, -0.2) is 47.6 Å². The van der Waals surface area contributed by atoms with Crippen LogP contribution >= 0.6 is 0 Å². The molecule has 0 bridgehead atoms. The van der Waals surface area contributed by atoms with Crippen LogP contribution in [0.3, 0.4) is 0 Å². The topological polar surface area (TPSA) is 93.1 Å². The molecule has 0 fully saturated rings. The standard InChI is InChI=1S/C35H58O6/c1-3-5-6-7-8-15-19-22-25-28-34(38)40-31-33(30-36)41-35(39)29-26-23-20-17-14-12-10-9-11-13-16-18-21-24-27-32(37)4-2/h10-13,17-18,20-21,24,27,32-33,36-37H,3-9,14-16,19,22-23,25-26,28-31H2,1-2H3/b12-10-,13-11-,20-17-,21-18-,27-24+/t32-,33+/m1/s1. The molecule has 0 spiro atoms. The van der Waals surface area contributed by atoms with Crippen LogP contribution in [0.25, 0.3) is 0 Å². The van der Waals surface area contributed by atoms with Gasteiger partial charge < -0.3 is 19.7 Å². The Morgan fingerprint density at radius 1 is 0.683 bits per heavy atom. The van der Waals surface area contributed by atoms with Crippen LogP contribution < -0.4 is 0 Å². The molecule has 41 heavy (non-hydrogen) atoms. The zero-order valence-corrected chi connectivity index (χ0v) is 25.9. The van der Waals surface area contributed by atoms with Gasteiger partial charge in [0.05, 0.1) is 12.7 Å². The van der Waals surface area contributed by atoms with Crippen molar-refractivity contribution in [2.24, 2.45) is 0 Å². The number of ether oxygens (including phenoxy) is 2. The van der Waals surface area contributed by atoms with Gasteiger partial charge in [0.25, 0.3) is 0 Å². The normalized spacial score (nSPS) is 13.8. The number of carbonyl (C=O) groups is 2. The summed E-state index contributed by atoms with van der Waals surface area (Å²) in [5.41, 5.74) is 0. The predicted molar refractivity (Wildman–Crippen MR) is 169 cm³/mol. The van der Waals surface area contributed by atoms with E-state index in [1.165, 1.54) is 38.5 Å². The Kier molecular flexibility index (Phi) is 28.7. The minimum absolute atomic E-state index is 0.0992. The molecule has 0 unspecified atom stereocenters. The number of hydrogen-bond donors (Lipinski definition) is 2. The third kappa shape index (κ3) is 28.9. The molecule has 0 saturated heterocycles. The molecule has 0 rings (SSSR count). The zero-order chi connectivity index (χ0) is 30.2. The number of allylic oxidation sites excluding steroid dienone is 9. The van der Waals surface area contributed by atoms with E-state index in [0.717, 1.165) is 51.4 Å². The highest BCUT2D eigenvalue weighted by molar-refractivity contribution is 5.70. The number of carbonyl (C=O) groups excluding carboxylic acids is 2. The molecule has 0 radical (unpaired) electrons. The van der Waals surface area contributed by atoms with Crippen molar-refractivity contribution in [1.29, 1.82) is 0 Å². The summed E-state index contributed by atoms with van der Waals surface area (Å²) in [6, 6.07) is 0. The van der Waals surface area contributed by atoms with E-state index < -0.39 is 6.10 Å². The average molecular weight is 575 g/mol. The van der Waals surface area contributed by atoms with E-state index in [9.17, 15) is 19.8 Å². The highest BCUT2D eigenvalue weighted by Gasteiger charge is 2.15. The van der Waals surface area contributed by atoms with Crippen molar-refractivity contribution in [3.63, 3.8) is 0 Å². The van der Waals surface area contributed by atoms with Gasteiger partial charge in [-0.05, 0) is 44.9 Å². The molecule has 0 aromatic carbocycles. The highest BCUT2D eigenvalue weighted by atomic mass is 16.6. The molecule has 0 heterocycles. The Hall–Kier alpha value is -2.44. The van der Waals surface area contributed by atoms with Crippen molar-refractivity contribution in [3.05, 3.63) is 60.8 Å². The summed E-state index contributed by atoms with van der Waals surface area (Å²) in [6.45, 7) is 3.70. The Morgan fingerprint density at radius 2 is 1.24 bits per heavy atom. The molecule has 6 heteroatoms. The maximum atomic E-state index is 12.1. The van der Waals surface area contributed by atoms with Gasteiger partial charge in [-0.1, -0.05) is 126 Å². The second-order valence-corrected chi connectivity index (χ2v) is 10.4. The molecule has 0 aromatic heterocycles. The Balaban J connectivity index is 3.78. The van der Waals surface area contributed by atoms with Gasteiger partial charge >= 0.3 is 11.9 Å². The van der Waals surface area contributed by atoms with Gasteiger partial charge in [-0.15, -0.1) is 0 Å². The van der Waals surface area contributed by atoms with Gasteiger partial charge in [-0.3, -0.25) is 9.59 Å². The fourth-order valence-corrected chi connectivity index (χ4v) is 3.89. The van der Waals surface area contributed by atoms with Crippen molar-refractivity contribution in [3.8, 4) is 0 Å². The van der Waals surface area contributed by atoms with Crippen LogP contribution in [0.1, 0.15) is 123 Å². The van der Waals surface area contributed by atoms with Gasteiger partial charge in [-0.2, -0.15) is 0 Å². The van der Waals surface area contributed by atoms with Gasteiger partial charge in [0.2, 0.25) is 0 Å². The van der Waals surface area contributed by atoms with E-state index in [1.807, 2.05) is 19.1 Å². The summed E-state index contributed by atoms with van der Waals surface area (Å²) in [5, 5.41) is 18.9. The summed E-state index contributed by atoms with van der Waals surface area (Å²) in [7, 11) is 0. The lowest BCUT2D eigenvalue weighted by molar-refractivity contribution is -0.161. The average Bonchev–Trinajstić information content (AvgIpc) is 2.97. The smallest absolute Gasteiger partial charge is 0.306 e. The Labute approximate surface area is 250 Å². The van der Waals surface area contributed by atoms with E-state index in [0.29, 0.717) is 12.8 Å². The van der Waals surface area contributed by atoms with Crippen molar-refractivity contribution in [1.82, 2.24) is 0 Å². The lowest BCUT2D eigenvalue weighted by Crippen LogP contribution is -2.28. The van der Waals surface area contributed by atoms with Crippen molar-refractivity contribution >= 4 is 11.9 Å². The number of hydrogen-bond acceptors (Lipinski definition) is 6. The van der Waals surface area contributed by atoms with E-state index in [2.05, 4.69) is 49.5 Å². The lowest BCUT2D eigenvalue weighted by atomic mass is 10.1. The van der Waals surface area contributed by atoms with Gasteiger partial charge in [0, 0.05) is 12.8 Å². The first-order valence-electron chi connectivity index (χ1n) is 16.0. The number of esters is 2. The second kappa shape index (κ2) is 30.5. The molecule has 0 aliphatic heterocycles. The van der Waals surface area contributed by atoms with Gasteiger partial charge in [0.15, 0.2) is 6.10 Å². The first-order chi connectivity index (χ1) is 20.0. The molecule has 0 aliphatic rings. The number of aliphatic hydroxyl groups excluding tert-OH is 2. The molecular formula is C35H58O6. The number of rotatable bonds is 27. The molecule has 234 valence electrons. The number of unbranched alkanes of at least 4 members (excludes halogenated alkanes) is 9. The van der Waals surface area contributed by atoms with Crippen molar-refractivity contribution in [2.75, 3.05) is 13.2 Å². The van der Waals surface area contributed by atoms with Crippen LogP contribution in [0.4, 0.5) is 0 Å². The minimum Gasteiger partial charge on any atom is -0.462 e. The maximum absolute atomic E-state index is 12.1. The first kappa shape index (κ1) is 38.6. The van der Waals surface area contributed by atoms with Gasteiger partial charge in [-0.25, -0.2) is 0 Å². The maximum Gasteiger partial charge on any atom is 0.306 e. The lowest BCUT2D eigenvalue weighted by Gasteiger charge is -2.15. The molecule has 2 atom stereocenters. The molecule has 0 saturated carbocycles. The first-order valence-corrected chi connectivity index (χ1v) is 16.0. The molecular weight excluding hydrogens is 516 g/mol. The Bertz CT molecular complexity index is 765. The molecule has 6 nitrogen and oxygen atoms in total. The van der Waals surface area contributed by atoms with Crippen LogP contribution in [0.2, 0.25) is 0 Å². The molecule has 0 amide bonds. The molecule has 0 aliphatic carbocycles. The van der Waals surface area contributed by atoms with Crippen LogP contribution in [0, 0.1) is 0 Å². The van der Waals surface area contributed by atoms with Gasteiger partial charge in [0.1, 0.15) is 6.61 Å². The van der Waals surface area contributed by atoms with E-state index in [-0.39, 0.29) is 37.7 Å². The fourth-order valence-electron chi connectivity index (χ4n) is 3.89. The van der Waals surface area contributed by atoms with Crippen LogP contribution in [0.15, 0.2) is 60.8 Å². The van der Waals surface area contributed by atoms with E-state index in [4.69, 9.17) is 9.47 Å². The third-order valence-corrected chi connectivity index (χ3v) is 6.48. The molecule has 0 aromatic rings. The van der Waals surface area contributed by atoms with Crippen molar-refractivity contribution < 1.29 is 29.3 Å². The Morgan fingerprint density at radius 3 is 1.85 bits per heavy atom. The second-order valence-electron chi connectivity index (χ2n) is 10.4. The summed E-state index contributed by atoms with van der Waals surface area (Å²) >= 11 is 0. The van der Waals surface area contributed by atoms with Crippen LogP contribution in [0.5, 0.6) is 0 Å².